The summed E-state index contributed by atoms with van der Waals surface area (Å²) in [4.78, 5) is 11.3. The zero-order valence-electron chi connectivity index (χ0n) is 12.8. The Morgan fingerprint density at radius 1 is 1.14 bits per heavy atom. The first-order valence-corrected chi connectivity index (χ1v) is 8.52. The van der Waals surface area contributed by atoms with Crippen LogP contribution in [0.4, 0.5) is 11.4 Å². The average Bonchev–Trinajstić information content (AvgIpc) is 3.19. The first-order valence-electron chi connectivity index (χ1n) is 8.52. The summed E-state index contributed by atoms with van der Waals surface area (Å²) >= 11 is 0. The molecule has 2 bridgehead atoms. The van der Waals surface area contributed by atoms with E-state index in [-0.39, 0.29) is 5.91 Å². The number of nitrogens with one attached hydrogen (secondary N) is 2. The van der Waals surface area contributed by atoms with Crippen LogP contribution >= 0.6 is 0 Å². The number of benzene rings is 1. The van der Waals surface area contributed by atoms with Gasteiger partial charge in [-0.2, -0.15) is 0 Å². The molecule has 22 heavy (non-hydrogen) atoms. The van der Waals surface area contributed by atoms with E-state index in [1.165, 1.54) is 32.1 Å². The third-order valence-electron chi connectivity index (χ3n) is 6.07. The van der Waals surface area contributed by atoms with Crippen molar-refractivity contribution in [1.29, 1.82) is 0 Å². The van der Waals surface area contributed by atoms with Gasteiger partial charge in [0.2, 0.25) is 5.91 Å². The molecular formula is C18H24N2O2. The lowest BCUT2D eigenvalue weighted by Crippen LogP contribution is -2.33. The number of rotatable bonds is 4. The van der Waals surface area contributed by atoms with Gasteiger partial charge in [0.1, 0.15) is 6.61 Å². The highest BCUT2D eigenvalue weighted by Crippen LogP contribution is 2.59. The van der Waals surface area contributed by atoms with Crippen LogP contribution in [0.1, 0.15) is 32.1 Å². The van der Waals surface area contributed by atoms with Crippen molar-refractivity contribution in [1.82, 2.24) is 0 Å². The fourth-order valence-electron chi connectivity index (χ4n) is 5.34. The molecule has 0 heterocycles. The van der Waals surface area contributed by atoms with Crippen LogP contribution in [0.2, 0.25) is 0 Å². The number of hydrogen-bond acceptors (Lipinski definition) is 3. The second kappa shape index (κ2) is 5.58. The molecule has 0 saturated heterocycles. The van der Waals surface area contributed by atoms with E-state index in [2.05, 4.69) is 16.7 Å². The molecule has 3 saturated carbocycles. The Bertz CT molecular complexity index is 574. The Hall–Kier alpha value is -1.55. The molecule has 1 aromatic rings. The molecule has 5 unspecified atom stereocenters. The molecule has 5 atom stereocenters. The summed E-state index contributed by atoms with van der Waals surface area (Å²) in [5.74, 6) is 3.37. The van der Waals surface area contributed by atoms with Gasteiger partial charge in [-0.05, 0) is 67.6 Å². The summed E-state index contributed by atoms with van der Waals surface area (Å²) in [7, 11) is 0. The standard InChI is InChI=1S/C18H24N2O2/c21-10-18(22)20-13-4-1-3-12(9-13)19-17-8-11-7-16(17)15-6-2-5-14(11)15/h1,3-4,9,11,14-17,19,21H,2,5-8,10H2,(H,20,22). The summed E-state index contributed by atoms with van der Waals surface area (Å²) in [5, 5.41) is 15.2. The van der Waals surface area contributed by atoms with Crippen molar-refractivity contribution in [3.63, 3.8) is 0 Å². The van der Waals surface area contributed by atoms with Crippen molar-refractivity contribution in [3.05, 3.63) is 24.3 Å². The molecule has 3 aliphatic rings. The molecule has 118 valence electrons. The normalized spacial score (nSPS) is 35.4. The summed E-state index contributed by atoms with van der Waals surface area (Å²) in [6.07, 6.45) is 7.03. The van der Waals surface area contributed by atoms with Crippen LogP contribution in [0.15, 0.2) is 24.3 Å². The fourth-order valence-corrected chi connectivity index (χ4v) is 5.34. The summed E-state index contributed by atoms with van der Waals surface area (Å²) < 4.78 is 0. The van der Waals surface area contributed by atoms with Gasteiger partial charge in [0.25, 0.3) is 0 Å². The Morgan fingerprint density at radius 3 is 2.82 bits per heavy atom. The molecule has 3 N–H and O–H groups in total. The molecular weight excluding hydrogens is 276 g/mol. The average molecular weight is 300 g/mol. The molecule has 1 amide bonds. The van der Waals surface area contributed by atoms with E-state index < -0.39 is 6.61 Å². The number of anilines is 2. The van der Waals surface area contributed by atoms with Gasteiger partial charge in [0.05, 0.1) is 0 Å². The van der Waals surface area contributed by atoms with Gasteiger partial charge in [-0.1, -0.05) is 12.5 Å². The fraction of sp³-hybridized carbons (Fsp3) is 0.611. The first kappa shape index (κ1) is 14.1. The Labute approximate surface area is 131 Å². The highest BCUT2D eigenvalue weighted by molar-refractivity contribution is 5.91. The minimum absolute atomic E-state index is 0.370. The van der Waals surface area contributed by atoms with Crippen molar-refractivity contribution in [2.45, 2.75) is 38.1 Å². The smallest absolute Gasteiger partial charge is 0.250 e. The van der Waals surface area contributed by atoms with Crippen LogP contribution in [-0.4, -0.2) is 23.7 Å². The number of amides is 1. The van der Waals surface area contributed by atoms with E-state index in [0.717, 1.165) is 35.0 Å². The van der Waals surface area contributed by atoms with E-state index in [0.29, 0.717) is 6.04 Å². The van der Waals surface area contributed by atoms with Crippen LogP contribution in [-0.2, 0) is 4.79 Å². The van der Waals surface area contributed by atoms with E-state index in [1.807, 2.05) is 18.2 Å². The third-order valence-corrected chi connectivity index (χ3v) is 6.07. The lowest BCUT2D eigenvalue weighted by atomic mass is 9.79. The minimum Gasteiger partial charge on any atom is -0.387 e. The molecule has 0 radical (unpaired) electrons. The molecule has 1 aromatic carbocycles. The van der Waals surface area contributed by atoms with Crippen LogP contribution in [0, 0.1) is 23.7 Å². The summed E-state index contributed by atoms with van der Waals surface area (Å²) in [6, 6.07) is 8.42. The monoisotopic (exact) mass is 300 g/mol. The maximum atomic E-state index is 11.3. The maximum Gasteiger partial charge on any atom is 0.250 e. The van der Waals surface area contributed by atoms with E-state index in [9.17, 15) is 4.79 Å². The van der Waals surface area contributed by atoms with Crippen molar-refractivity contribution in [2.24, 2.45) is 23.7 Å². The predicted molar refractivity (Wildman–Crippen MR) is 86.6 cm³/mol. The van der Waals surface area contributed by atoms with E-state index in [4.69, 9.17) is 5.11 Å². The lowest BCUT2D eigenvalue weighted by Gasteiger charge is -2.32. The second-order valence-corrected chi connectivity index (χ2v) is 7.19. The van der Waals surface area contributed by atoms with Gasteiger partial charge in [0, 0.05) is 17.4 Å². The van der Waals surface area contributed by atoms with Gasteiger partial charge in [-0.3, -0.25) is 4.79 Å². The Balaban J connectivity index is 1.44. The molecule has 4 heteroatoms. The SMILES string of the molecule is O=C(CO)Nc1cccc(NC2CC3CC2C2CCCC32)c1. The number of carbonyl (C=O) groups excluding carboxylic acids is 1. The van der Waals surface area contributed by atoms with Crippen molar-refractivity contribution >= 4 is 17.3 Å². The first-order chi connectivity index (χ1) is 10.7. The second-order valence-electron chi connectivity index (χ2n) is 7.19. The molecule has 0 aliphatic heterocycles. The van der Waals surface area contributed by atoms with E-state index in [1.54, 1.807) is 0 Å². The largest absolute Gasteiger partial charge is 0.387 e. The van der Waals surface area contributed by atoms with Gasteiger partial charge < -0.3 is 15.7 Å². The predicted octanol–water partition coefficient (Wildman–Crippen LogP) is 2.85. The quantitative estimate of drug-likeness (QED) is 0.801. The van der Waals surface area contributed by atoms with Crippen molar-refractivity contribution in [3.8, 4) is 0 Å². The van der Waals surface area contributed by atoms with Crippen LogP contribution < -0.4 is 10.6 Å². The van der Waals surface area contributed by atoms with Crippen LogP contribution in [0.25, 0.3) is 0 Å². The van der Waals surface area contributed by atoms with Gasteiger partial charge >= 0.3 is 0 Å². The van der Waals surface area contributed by atoms with E-state index >= 15 is 0 Å². The number of carbonyl (C=O) groups is 1. The molecule has 0 spiro atoms. The number of aliphatic hydroxyl groups excluding tert-OH is 1. The van der Waals surface area contributed by atoms with Gasteiger partial charge in [-0.25, -0.2) is 0 Å². The summed E-state index contributed by atoms with van der Waals surface area (Å²) in [6.45, 7) is -0.479. The zero-order valence-corrected chi connectivity index (χ0v) is 12.8. The highest BCUT2D eigenvalue weighted by Gasteiger charge is 2.53. The maximum absolute atomic E-state index is 11.3. The lowest BCUT2D eigenvalue weighted by molar-refractivity contribution is -0.118. The Morgan fingerprint density at radius 2 is 1.95 bits per heavy atom. The zero-order chi connectivity index (χ0) is 15.1. The molecule has 0 aromatic heterocycles. The summed E-state index contributed by atoms with van der Waals surface area (Å²) in [5.41, 5.74) is 1.81. The molecule has 4 rings (SSSR count). The molecule has 3 aliphatic carbocycles. The minimum atomic E-state index is -0.479. The van der Waals surface area contributed by atoms with Crippen LogP contribution in [0.3, 0.4) is 0 Å². The number of aliphatic hydroxyl groups is 1. The Kier molecular flexibility index (Phi) is 3.57. The highest BCUT2D eigenvalue weighted by atomic mass is 16.3. The van der Waals surface area contributed by atoms with Crippen molar-refractivity contribution < 1.29 is 9.90 Å². The van der Waals surface area contributed by atoms with Gasteiger partial charge in [-0.15, -0.1) is 0 Å². The number of fused-ring (bicyclic) bond motifs is 5. The number of hydrogen-bond donors (Lipinski definition) is 3. The van der Waals surface area contributed by atoms with Gasteiger partial charge in [0.15, 0.2) is 0 Å². The van der Waals surface area contributed by atoms with Crippen LogP contribution in [0.5, 0.6) is 0 Å². The topological polar surface area (TPSA) is 61.4 Å². The molecule has 4 nitrogen and oxygen atoms in total. The molecule has 3 fully saturated rings. The van der Waals surface area contributed by atoms with Crippen molar-refractivity contribution in [2.75, 3.05) is 17.2 Å². The third kappa shape index (κ3) is 2.39.